The van der Waals surface area contributed by atoms with Gasteiger partial charge in [0.1, 0.15) is 5.75 Å². The molecule has 26 heavy (non-hydrogen) atoms. The maximum absolute atomic E-state index is 12.3. The van der Waals surface area contributed by atoms with Crippen molar-refractivity contribution in [3.05, 3.63) is 53.6 Å². The van der Waals surface area contributed by atoms with Gasteiger partial charge in [-0.2, -0.15) is 8.78 Å². The molecule has 0 saturated heterocycles. The van der Waals surface area contributed by atoms with Gasteiger partial charge in [-0.3, -0.25) is 4.79 Å². The van der Waals surface area contributed by atoms with Crippen LogP contribution in [0.25, 0.3) is 0 Å². The summed E-state index contributed by atoms with van der Waals surface area (Å²) in [7, 11) is 1.36. The van der Waals surface area contributed by atoms with Crippen LogP contribution in [0.15, 0.2) is 42.5 Å². The minimum atomic E-state index is -2.93. The highest BCUT2D eigenvalue weighted by atomic mass is 19.3. The largest absolute Gasteiger partial charge is 0.493 e. The molecular weight excluding hydrogens is 344 g/mol. The fourth-order valence-corrected chi connectivity index (χ4v) is 2.28. The van der Waals surface area contributed by atoms with Crippen LogP contribution in [-0.2, 0) is 11.3 Å². The van der Waals surface area contributed by atoms with Crippen LogP contribution >= 0.6 is 0 Å². The second kappa shape index (κ2) is 9.60. The van der Waals surface area contributed by atoms with Crippen LogP contribution < -0.4 is 19.5 Å². The Morgan fingerprint density at radius 2 is 1.88 bits per heavy atom. The number of methoxy groups -OCH3 is 1. The number of para-hydroxylation sites is 1. The smallest absolute Gasteiger partial charge is 0.387 e. The van der Waals surface area contributed by atoms with Gasteiger partial charge in [-0.1, -0.05) is 24.3 Å². The van der Waals surface area contributed by atoms with E-state index in [0.29, 0.717) is 5.56 Å². The summed E-state index contributed by atoms with van der Waals surface area (Å²) in [6.45, 7) is -0.484. The molecule has 0 radical (unpaired) electrons. The fourth-order valence-electron chi connectivity index (χ4n) is 2.28. The lowest BCUT2D eigenvalue weighted by Gasteiger charge is -2.12. The number of carbonyl (C=O) groups is 1. The molecule has 0 aliphatic rings. The Kier molecular flexibility index (Phi) is 7.20. The Hall–Kier alpha value is -2.83. The highest BCUT2D eigenvalue weighted by molar-refractivity contribution is 5.76. The zero-order valence-electron chi connectivity index (χ0n) is 14.6. The Morgan fingerprint density at radius 3 is 2.58 bits per heavy atom. The third kappa shape index (κ3) is 5.91. The molecule has 1 amide bonds. The van der Waals surface area contributed by atoms with E-state index in [1.807, 2.05) is 31.2 Å². The number of ether oxygens (including phenoxy) is 3. The van der Waals surface area contributed by atoms with Gasteiger partial charge in [-0.05, 0) is 36.2 Å². The number of alkyl halides is 2. The van der Waals surface area contributed by atoms with Gasteiger partial charge in [0.25, 0.3) is 0 Å². The van der Waals surface area contributed by atoms with Crippen LogP contribution in [-0.4, -0.2) is 26.2 Å². The van der Waals surface area contributed by atoms with Gasteiger partial charge in [0.05, 0.1) is 20.1 Å². The lowest BCUT2D eigenvalue weighted by Crippen LogP contribution is -2.24. The standard InChI is InChI=1S/C19H21F2NO4/c1-13-5-3-4-6-15(13)25-10-9-18(23)22-12-14-7-8-16(26-19(20)21)17(11-14)24-2/h3-8,11,19H,9-10,12H2,1-2H3,(H,22,23). The molecule has 0 aromatic heterocycles. The van der Waals surface area contributed by atoms with E-state index in [2.05, 4.69) is 10.1 Å². The predicted octanol–water partition coefficient (Wildman–Crippen LogP) is 3.69. The summed E-state index contributed by atoms with van der Waals surface area (Å²) >= 11 is 0. The van der Waals surface area contributed by atoms with Gasteiger partial charge in [-0.25, -0.2) is 0 Å². The monoisotopic (exact) mass is 365 g/mol. The van der Waals surface area contributed by atoms with Gasteiger partial charge >= 0.3 is 6.61 Å². The Labute approximate surface area is 150 Å². The van der Waals surface area contributed by atoms with Crippen molar-refractivity contribution in [2.45, 2.75) is 26.5 Å². The summed E-state index contributed by atoms with van der Waals surface area (Å²) in [5.41, 5.74) is 1.71. The molecular formula is C19H21F2NO4. The Morgan fingerprint density at radius 1 is 1.12 bits per heavy atom. The first-order valence-corrected chi connectivity index (χ1v) is 8.06. The number of hydrogen-bond acceptors (Lipinski definition) is 4. The summed E-state index contributed by atoms with van der Waals surface area (Å²) in [4.78, 5) is 11.9. The fraction of sp³-hybridized carbons (Fsp3) is 0.316. The van der Waals surface area contributed by atoms with Crippen LogP contribution in [0, 0.1) is 6.92 Å². The number of aryl methyl sites for hydroxylation is 1. The van der Waals surface area contributed by atoms with Crippen LogP contribution in [0.1, 0.15) is 17.5 Å². The average molecular weight is 365 g/mol. The van der Waals surface area contributed by atoms with Crippen LogP contribution in [0.4, 0.5) is 8.78 Å². The topological polar surface area (TPSA) is 56.8 Å². The second-order valence-electron chi connectivity index (χ2n) is 5.50. The molecule has 0 aliphatic heterocycles. The van der Waals surface area contributed by atoms with Crippen LogP contribution in [0.5, 0.6) is 17.2 Å². The van der Waals surface area contributed by atoms with E-state index >= 15 is 0 Å². The van der Waals surface area contributed by atoms with Crippen molar-refractivity contribution in [3.8, 4) is 17.2 Å². The van der Waals surface area contributed by atoms with E-state index in [1.165, 1.54) is 13.2 Å². The Bertz CT molecular complexity index is 737. The summed E-state index contributed by atoms with van der Waals surface area (Å²) < 4.78 is 39.6. The van der Waals surface area contributed by atoms with Crippen molar-refractivity contribution >= 4 is 5.91 Å². The van der Waals surface area contributed by atoms with Gasteiger partial charge < -0.3 is 19.5 Å². The van der Waals surface area contributed by atoms with Crippen molar-refractivity contribution in [2.75, 3.05) is 13.7 Å². The number of hydrogen-bond donors (Lipinski definition) is 1. The van der Waals surface area contributed by atoms with Gasteiger partial charge in [0.15, 0.2) is 11.5 Å². The molecule has 7 heteroatoms. The zero-order valence-corrected chi connectivity index (χ0v) is 14.6. The minimum Gasteiger partial charge on any atom is -0.493 e. The predicted molar refractivity (Wildman–Crippen MR) is 92.8 cm³/mol. The molecule has 140 valence electrons. The number of rotatable bonds is 9. The van der Waals surface area contributed by atoms with E-state index in [1.54, 1.807) is 12.1 Å². The van der Waals surface area contributed by atoms with Crippen molar-refractivity contribution < 1.29 is 27.8 Å². The first-order chi connectivity index (χ1) is 12.5. The molecule has 0 fully saturated rings. The number of carbonyl (C=O) groups excluding carboxylic acids is 1. The van der Waals surface area contributed by atoms with E-state index < -0.39 is 6.61 Å². The lowest BCUT2D eigenvalue weighted by molar-refractivity contribution is -0.121. The lowest BCUT2D eigenvalue weighted by atomic mass is 10.2. The highest BCUT2D eigenvalue weighted by Crippen LogP contribution is 2.29. The zero-order chi connectivity index (χ0) is 18.9. The third-order valence-corrected chi connectivity index (χ3v) is 3.61. The third-order valence-electron chi connectivity index (χ3n) is 3.61. The first kappa shape index (κ1) is 19.5. The molecule has 0 heterocycles. The number of benzene rings is 2. The van der Waals surface area contributed by atoms with E-state index in [4.69, 9.17) is 9.47 Å². The number of nitrogens with one attached hydrogen (secondary N) is 1. The van der Waals surface area contributed by atoms with Crippen LogP contribution in [0.3, 0.4) is 0 Å². The summed E-state index contributed by atoms with van der Waals surface area (Å²) in [5, 5.41) is 2.75. The first-order valence-electron chi connectivity index (χ1n) is 8.06. The highest BCUT2D eigenvalue weighted by Gasteiger charge is 2.11. The molecule has 0 spiro atoms. The molecule has 2 rings (SSSR count). The molecule has 2 aromatic carbocycles. The molecule has 0 atom stereocenters. The normalized spacial score (nSPS) is 10.5. The summed E-state index contributed by atoms with van der Waals surface area (Å²) in [5.74, 6) is 0.703. The molecule has 0 bridgehead atoms. The average Bonchev–Trinajstić information content (AvgIpc) is 2.62. The van der Waals surface area contributed by atoms with Crippen molar-refractivity contribution in [1.82, 2.24) is 5.32 Å². The van der Waals surface area contributed by atoms with Gasteiger partial charge in [0, 0.05) is 6.54 Å². The van der Waals surface area contributed by atoms with E-state index in [9.17, 15) is 13.6 Å². The number of amides is 1. The maximum Gasteiger partial charge on any atom is 0.387 e. The number of halogens is 2. The molecule has 0 saturated carbocycles. The van der Waals surface area contributed by atoms with E-state index in [-0.39, 0.29) is 37.0 Å². The van der Waals surface area contributed by atoms with E-state index in [0.717, 1.165) is 11.3 Å². The van der Waals surface area contributed by atoms with Crippen molar-refractivity contribution in [3.63, 3.8) is 0 Å². The maximum atomic E-state index is 12.3. The molecule has 1 N–H and O–H groups in total. The second-order valence-corrected chi connectivity index (χ2v) is 5.50. The molecule has 5 nitrogen and oxygen atoms in total. The summed E-state index contributed by atoms with van der Waals surface area (Å²) in [6.07, 6.45) is 0.206. The van der Waals surface area contributed by atoms with Crippen molar-refractivity contribution in [2.24, 2.45) is 0 Å². The van der Waals surface area contributed by atoms with Crippen LogP contribution in [0.2, 0.25) is 0 Å². The van der Waals surface area contributed by atoms with Crippen molar-refractivity contribution in [1.29, 1.82) is 0 Å². The Balaban J connectivity index is 1.80. The molecule has 0 unspecified atom stereocenters. The molecule has 2 aromatic rings. The van der Waals surface area contributed by atoms with Gasteiger partial charge in [-0.15, -0.1) is 0 Å². The molecule has 0 aliphatic carbocycles. The SMILES string of the molecule is COc1cc(CNC(=O)CCOc2ccccc2C)ccc1OC(F)F. The minimum absolute atomic E-state index is 0.0517. The quantitative estimate of drug-likeness (QED) is 0.736. The van der Waals surface area contributed by atoms with Gasteiger partial charge in [0.2, 0.25) is 5.91 Å². The summed E-state index contributed by atoms with van der Waals surface area (Å²) in [6, 6.07) is 12.1.